The molecule has 1 aromatic heterocycles. The van der Waals surface area contributed by atoms with Crippen LogP contribution in [-0.2, 0) is 6.54 Å². The Hall–Kier alpha value is -3.00. The van der Waals surface area contributed by atoms with Gasteiger partial charge >= 0.3 is 6.03 Å². The molecule has 0 spiro atoms. The number of carbonyl (C=O) groups is 1. The van der Waals surface area contributed by atoms with Crippen molar-refractivity contribution in [1.82, 2.24) is 10.1 Å². The van der Waals surface area contributed by atoms with E-state index < -0.39 is 23.4 Å². The van der Waals surface area contributed by atoms with Crippen LogP contribution in [-0.4, -0.2) is 30.2 Å². The molecule has 0 radical (unpaired) electrons. The van der Waals surface area contributed by atoms with E-state index in [0.717, 1.165) is 23.2 Å². The predicted molar refractivity (Wildman–Crippen MR) is 90.4 cm³/mol. The number of anilines is 2. The third-order valence-corrected chi connectivity index (χ3v) is 3.47. The zero-order chi connectivity index (χ0) is 18.0. The third kappa shape index (κ3) is 3.74. The quantitative estimate of drug-likeness (QED) is 0.754. The molecule has 6 nitrogen and oxygen atoms in total. The molecule has 0 aliphatic rings. The number of hydrogen-bond acceptors (Lipinski definition) is 4. The van der Waals surface area contributed by atoms with Crippen LogP contribution < -0.4 is 10.6 Å². The summed E-state index contributed by atoms with van der Waals surface area (Å²) in [5.41, 5.74) is 1.26. The minimum atomic E-state index is -0.849. The van der Waals surface area contributed by atoms with E-state index in [1.807, 2.05) is 19.0 Å². The standard InChI is InChI=1S/C17H16F2N4O2/c1-23(2)9-14-11-8-10(6-7-15(11)25-22-14)20-17(24)21-16-12(18)4-3-5-13(16)19/h3-8H,9H2,1-2H3,(H2,20,21,24). The Bertz CT molecular complexity index is 904. The lowest BCUT2D eigenvalue weighted by atomic mass is 10.2. The summed E-state index contributed by atoms with van der Waals surface area (Å²) < 4.78 is 32.4. The average molecular weight is 346 g/mol. The van der Waals surface area contributed by atoms with Crippen LogP contribution in [0.3, 0.4) is 0 Å². The Labute approximate surface area is 142 Å². The highest BCUT2D eigenvalue weighted by Gasteiger charge is 2.14. The molecule has 3 rings (SSSR count). The number of para-hydroxylation sites is 1. The molecule has 2 N–H and O–H groups in total. The molecule has 1 heterocycles. The van der Waals surface area contributed by atoms with Gasteiger partial charge in [0.2, 0.25) is 0 Å². The fourth-order valence-corrected chi connectivity index (χ4v) is 2.37. The van der Waals surface area contributed by atoms with E-state index in [1.165, 1.54) is 6.07 Å². The summed E-state index contributed by atoms with van der Waals surface area (Å²) in [7, 11) is 3.80. The Morgan fingerprint density at radius 2 is 1.88 bits per heavy atom. The van der Waals surface area contributed by atoms with Crippen LogP contribution in [0.5, 0.6) is 0 Å². The van der Waals surface area contributed by atoms with Crippen molar-refractivity contribution < 1.29 is 18.1 Å². The van der Waals surface area contributed by atoms with Gasteiger partial charge in [-0.05, 0) is 44.4 Å². The van der Waals surface area contributed by atoms with Gasteiger partial charge in [0.25, 0.3) is 0 Å². The van der Waals surface area contributed by atoms with E-state index in [2.05, 4.69) is 15.8 Å². The number of halogens is 2. The van der Waals surface area contributed by atoms with Crippen molar-refractivity contribution >= 4 is 28.4 Å². The van der Waals surface area contributed by atoms with E-state index in [4.69, 9.17) is 4.52 Å². The number of amides is 2. The van der Waals surface area contributed by atoms with Gasteiger partial charge in [-0.1, -0.05) is 11.2 Å². The van der Waals surface area contributed by atoms with Crippen LogP contribution in [0.2, 0.25) is 0 Å². The first-order valence-electron chi connectivity index (χ1n) is 7.49. The fourth-order valence-electron chi connectivity index (χ4n) is 2.37. The predicted octanol–water partition coefficient (Wildman–Crippen LogP) is 3.81. The van der Waals surface area contributed by atoms with Gasteiger partial charge in [-0.2, -0.15) is 0 Å². The minimum Gasteiger partial charge on any atom is -0.356 e. The molecule has 8 heteroatoms. The Morgan fingerprint density at radius 1 is 1.16 bits per heavy atom. The summed E-state index contributed by atoms with van der Waals surface area (Å²) in [4.78, 5) is 14.0. The first-order valence-corrected chi connectivity index (χ1v) is 7.49. The number of nitrogens with one attached hydrogen (secondary N) is 2. The highest BCUT2D eigenvalue weighted by atomic mass is 19.1. The van der Waals surface area contributed by atoms with E-state index in [1.54, 1.807) is 18.2 Å². The van der Waals surface area contributed by atoms with Crippen LogP contribution in [0.1, 0.15) is 5.69 Å². The second kappa shape index (κ2) is 6.86. The second-order valence-electron chi connectivity index (χ2n) is 5.75. The zero-order valence-electron chi connectivity index (χ0n) is 13.6. The molecule has 0 aliphatic carbocycles. The third-order valence-electron chi connectivity index (χ3n) is 3.47. The van der Waals surface area contributed by atoms with E-state index in [0.29, 0.717) is 17.8 Å². The van der Waals surface area contributed by atoms with Gasteiger partial charge in [0.1, 0.15) is 23.0 Å². The fraction of sp³-hybridized carbons (Fsp3) is 0.176. The maximum absolute atomic E-state index is 13.6. The maximum Gasteiger partial charge on any atom is 0.323 e. The number of urea groups is 1. The van der Waals surface area contributed by atoms with Crippen LogP contribution in [0.4, 0.5) is 25.0 Å². The molecular formula is C17H16F2N4O2. The Kier molecular flexibility index (Phi) is 4.62. The maximum atomic E-state index is 13.6. The normalized spacial score (nSPS) is 11.1. The van der Waals surface area contributed by atoms with Gasteiger partial charge in [0, 0.05) is 17.6 Å². The number of benzene rings is 2. The lowest BCUT2D eigenvalue weighted by molar-refractivity contribution is 0.262. The number of carbonyl (C=O) groups excluding carboxylic acids is 1. The number of hydrogen-bond donors (Lipinski definition) is 2. The Morgan fingerprint density at radius 3 is 2.56 bits per heavy atom. The van der Waals surface area contributed by atoms with Crippen molar-refractivity contribution in [1.29, 1.82) is 0 Å². The molecule has 0 bridgehead atoms. The van der Waals surface area contributed by atoms with Gasteiger partial charge in [-0.3, -0.25) is 0 Å². The Balaban J connectivity index is 1.79. The topological polar surface area (TPSA) is 70.4 Å². The lowest BCUT2D eigenvalue weighted by Gasteiger charge is -2.10. The van der Waals surface area contributed by atoms with E-state index in [9.17, 15) is 13.6 Å². The monoisotopic (exact) mass is 346 g/mol. The molecule has 0 unspecified atom stereocenters. The molecule has 3 aromatic rings. The molecule has 0 atom stereocenters. The van der Waals surface area contributed by atoms with Crippen molar-refractivity contribution in [2.75, 3.05) is 24.7 Å². The SMILES string of the molecule is CN(C)Cc1noc2ccc(NC(=O)Nc3c(F)cccc3F)cc12. The van der Waals surface area contributed by atoms with E-state index >= 15 is 0 Å². The summed E-state index contributed by atoms with van der Waals surface area (Å²) in [6.45, 7) is 0.573. The van der Waals surface area contributed by atoms with E-state index in [-0.39, 0.29) is 0 Å². The van der Waals surface area contributed by atoms with Crippen molar-refractivity contribution in [3.8, 4) is 0 Å². The first kappa shape index (κ1) is 16.8. The summed E-state index contributed by atoms with van der Waals surface area (Å²) in [5, 5.41) is 9.47. The van der Waals surface area contributed by atoms with Gasteiger partial charge in [-0.25, -0.2) is 13.6 Å². The number of fused-ring (bicyclic) bond motifs is 1. The summed E-state index contributed by atoms with van der Waals surface area (Å²) in [6, 6.07) is 7.58. The highest BCUT2D eigenvalue weighted by molar-refractivity contribution is 6.01. The summed E-state index contributed by atoms with van der Waals surface area (Å²) >= 11 is 0. The van der Waals surface area contributed by atoms with Crippen molar-refractivity contribution in [2.45, 2.75) is 6.54 Å². The molecule has 2 amide bonds. The van der Waals surface area contributed by atoms with Crippen molar-refractivity contribution in [3.63, 3.8) is 0 Å². The van der Waals surface area contributed by atoms with Crippen LogP contribution in [0.15, 0.2) is 40.9 Å². The van der Waals surface area contributed by atoms with Gasteiger partial charge in [-0.15, -0.1) is 0 Å². The highest BCUT2D eigenvalue weighted by Crippen LogP contribution is 2.24. The molecule has 25 heavy (non-hydrogen) atoms. The van der Waals surface area contributed by atoms with Crippen LogP contribution in [0.25, 0.3) is 11.0 Å². The molecule has 0 aliphatic heterocycles. The minimum absolute atomic E-state index is 0.449. The molecule has 2 aromatic carbocycles. The summed E-state index contributed by atoms with van der Waals surface area (Å²) in [5.74, 6) is -1.70. The number of rotatable bonds is 4. The number of aromatic nitrogens is 1. The number of nitrogens with zero attached hydrogens (tertiary/aromatic N) is 2. The first-order chi connectivity index (χ1) is 11.9. The van der Waals surface area contributed by atoms with Crippen LogP contribution in [0, 0.1) is 11.6 Å². The summed E-state index contributed by atoms with van der Waals surface area (Å²) in [6.07, 6.45) is 0. The van der Waals surface area contributed by atoms with Gasteiger partial charge in [0.05, 0.1) is 0 Å². The molecule has 0 saturated heterocycles. The van der Waals surface area contributed by atoms with Crippen molar-refractivity contribution in [2.24, 2.45) is 0 Å². The average Bonchev–Trinajstić information content (AvgIpc) is 2.93. The molecule has 0 saturated carbocycles. The largest absolute Gasteiger partial charge is 0.356 e. The van der Waals surface area contributed by atoms with Gasteiger partial charge < -0.3 is 20.1 Å². The van der Waals surface area contributed by atoms with Gasteiger partial charge in [0.15, 0.2) is 5.58 Å². The molecule has 0 fully saturated rings. The smallest absolute Gasteiger partial charge is 0.323 e. The zero-order valence-corrected chi connectivity index (χ0v) is 13.6. The van der Waals surface area contributed by atoms with Crippen LogP contribution >= 0.6 is 0 Å². The lowest BCUT2D eigenvalue weighted by Crippen LogP contribution is -2.21. The van der Waals surface area contributed by atoms with Crippen molar-refractivity contribution in [3.05, 3.63) is 53.7 Å². The molecule has 130 valence electrons. The second-order valence-corrected chi connectivity index (χ2v) is 5.75. The molecular weight excluding hydrogens is 330 g/mol.